The number of amides is 5. The van der Waals surface area contributed by atoms with Crippen molar-refractivity contribution in [2.75, 3.05) is 49.3 Å². The molecule has 0 saturated heterocycles. The number of likely N-dealkylation sites (N-methyl/N-ethyl adjacent to an activating group) is 1. The fraction of sp³-hybridized carbons (Fsp3) is 0.417. The summed E-state index contributed by atoms with van der Waals surface area (Å²) in [6.45, 7) is 6.07. The van der Waals surface area contributed by atoms with E-state index in [2.05, 4.69) is 16.0 Å². The molecule has 5 amide bonds. The topological polar surface area (TPSA) is 132 Å². The van der Waals surface area contributed by atoms with Crippen LogP contribution in [0.15, 0.2) is 66.7 Å². The fourth-order valence-electron chi connectivity index (χ4n) is 5.39. The first-order chi connectivity index (χ1) is 23.4. The first kappa shape index (κ1) is 37.1. The van der Waals surface area contributed by atoms with E-state index in [9.17, 15) is 28.3 Å². The molecule has 0 fully saturated rings. The Hall–Kier alpha value is -4.75. The van der Waals surface area contributed by atoms with Crippen molar-refractivity contribution in [3.05, 3.63) is 83.9 Å². The first-order valence-electron chi connectivity index (χ1n) is 16.4. The standard InChI is InChI=1S/C36H45F2N5O6/c1-23-20-43(24(2)22-44)34(45)31-19-30(40-35(46)39-28-12-8-26(37)9-13-28)16-17-32(31)49-25(3)7-5-6-18-48-33(23)21-42(4)36(47)41-29-14-10-27(38)11-15-29/h8-17,19,23-25,33,44H,5-7,18,20-22H2,1-4H3,(H,41,47)(H2,39,40,46)/t23-,24-,25+,33+/m1/s1. The van der Waals surface area contributed by atoms with Gasteiger partial charge < -0.3 is 40.3 Å². The molecule has 0 aliphatic carbocycles. The zero-order valence-electron chi connectivity index (χ0n) is 28.2. The molecule has 0 bridgehead atoms. The lowest BCUT2D eigenvalue weighted by atomic mass is 10.0. The van der Waals surface area contributed by atoms with Crippen LogP contribution >= 0.6 is 0 Å². The van der Waals surface area contributed by atoms with Crippen molar-refractivity contribution in [3.8, 4) is 5.75 Å². The number of hydrogen-bond acceptors (Lipinski definition) is 6. The summed E-state index contributed by atoms with van der Waals surface area (Å²) >= 11 is 0. The second-order valence-electron chi connectivity index (χ2n) is 12.4. The maximum atomic E-state index is 14.3. The number of aliphatic hydroxyl groups is 1. The molecule has 11 nitrogen and oxygen atoms in total. The molecule has 0 unspecified atom stereocenters. The van der Waals surface area contributed by atoms with Crippen LogP contribution in [0.25, 0.3) is 0 Å². The van der Waals surface area contributed by atoms with Crippen molar-refractivity contribution in [2.24, 2.45) is 5.92 Å². The highest BCUT2D eigenvalue weighted by atomic mass is 19.1. The number of ether oxygens (including phenoxy) is 2. The van der Waals surface area contributed by atoms with Gasteiger partial charge in [0.25, 0.3) is 5.91 Å². The van der Waals surface area contributed by atoms with Gasteiger partial charge in [-0.05, 0) is 99.8 Å². The molecular weight excluding hydrogens is 636 g/mol. The lowest BCUT2D eigenvalue weighted by Gasteiger charge is -2.35. The van der Waals surface area contributed by atoms with E-state index in [1.54, 1.807) is 31.0 Å². The van der Waals surface area contributed by atoms with Crippen LogP contribution in [0.5, 0.6) is 5.75 Å². The number of nitrogens with one attached hydrogen (secondary N) is 3. The quantitative estimate of drug-likeness (QED) is 0.223. The Morgan fingerprint density at radius 3 is 2.16 bits per heavy atom. The normalized spacial score (nSPS) is 19.4. The first-order valence-corrected chi connectivity index (χ1v) is 16.4. The third-order valence-corrected chi connectivity index (χ3v) is 8.31. The monoisotopic (exact) mass is 681 g/mol. The number of urea groups is 2. The summed E-state index contributed by atoms with van der Waals surface area (Å²) < 4.78 is 39.2. The molecule has 1 heterocycles. The van der Waals surface area contributed by atoms with Crippen LogP contribution in [0.1, 0.15) is 50.4 Å². The van der Waals surface area contributed by atoms with Crippen LogP contribution in [-0.2, 0) is 4.74 Å². The summed E-state index contributed by atoms with van der Waals surface area (Å²) in [5, 5.41) is 18.3. The van der Waals surface area contributed by atoms with Crippen molar-refractivity contribution in [3.63, 3.8) is 0 Å². The molecule has 0 spiro atoms. The molecule has 264 valence electrons. The number of halogens is 2. The van der Waals surface area contributed by atoms with Gasteiger partial charge in [-0.2, -0.15) is 0 Å². The Morgan fingerprint density at radius 1 is 0.939 bits per heavy atom. The maximum Gasteiger partial charge on any atom is 0.323 e. The number of fused-ring (bicyclic) bond motifs is 1. The van der Waals surface area contributed by atoms with Crippen LogP contribution < -0.4 is 20.7 Å². The molecule has 13 heteroatoms. The third kappa shape index (κ3) is 10.9. The van der Waals surface area contributed by atoms with Crippen molar-refractivity contribution in [1.29, 1.82) is 0 Å². The summed E-state index contributed by atoms with van der Waals surface area (Å²) in [5.74, 6) is -1.21. The zero-order valence-corrected chi connectivity index (χ0v) is 28.2. The molecule has 3 aromatic rings. The van der Waals surface area contributed by atoms with Gasteiger partial charge in [-0.1, -0.05) is 6.92 Å². The van der Waals surface area contributed by atoms with E-state index in [4.69, 9.17) is 9.47 Å². The average molecular weight is 682 g/mol. The molecule has 4 N–H and O–H groups in total. The highest BCUT2D eigenvalue weighted by Crippen LogP contribution is 2.29. The maximum absolute atomic E-state index is 14.3. The van der Waals surface area contributed by atoms with Crippen LogP contribution in [0, 0.1) is 17.6 Å². The lowest BCUT2D eigenvalue weighted by molar-refractivity contribution is -0.0115. The molecule has 0 saturated carbocycles. The van der Waals surface area contributed by atoms with Crippen LogP contribution in [0.2, 0.25) is 0 Å². The molecule has 1 aliphatic heterocycles. The van der Waals surface area contributed by atoms with Crippen LogP contribution in [-0.4, -0.2) is 84.5 Å². The Morgan fingerprint density at radius 2 is 1.53 bits per heavy atom. The molecule has 0 aromatic heterocycles. The number of carbonyl (C=O) groups excluding carboxylic acids is 3. The summed E-state index contributed by atoms with van der Waals surface area (Å²) in [5.41, 5.74) is 1.36. The van der Waals surface area contributed by atoms with Crippen molar-refractivity contribution in [1.82, 2.24) is 9.80 Å². The molecule has 0 radical (unpaired) electrons. The average Bonchev–Trinajstić information content (AvgIpc) is 3.07. The van der Waals surface area contributed by atoms with Gasteiger partial charge in [-0.3, -0.25) is 4.79 Å². The minimum Gasteiger partial charge on any atom is -0.490 e. The molecule has 1 aliphatic rings. The lowest BCUT2D eigenvalue weighted by Crippen LogP contribution is -2.48. The van der Waals surface area contributed by atoms with E-state index in [0.29, 0.717) is 35.8 Å². The minimum atomic E-state index is -0.591. The Bertz CT molecular complexity index is 1560. The molecule has 4 atom stereocenters. The zero-order chi connectivity index (χ0) is 35.5. The summed E-state index contributed by atoms with van der Waals surface area (Å²) in [4.78, 5) is 43.1. The SMILES string of the molecule is C[C@@H]1CN([C@H](C)CO)C(=O)c2cc(NC(=O)Nc3ccc(F)cc3)ccc2O[C@@H](C)CCCCO[C@H]1CN(C)C(=O)Nc1ccc(F)cc1. The van der Waals surface area contributed by atoms with Gasteiger partial charge in [0, 0.05) is 49.7 Å². The Kier molecular flexibility index (Phi) is 13.3. The molecule has 3 aromatic carbocycles. The van der Waals surface area contributed by atoms with E-state index >= 15 is 0 Å². The second kappa shape index (κ2) is 17.6. The minimum absolute atomic E-state index is 0.177. The number of anilines is 3. The molecule has 49 heavy (non-hydrogen) atoms. The largest absolute Gasteiger partial charge is 0.490 e. The number of rotatable bonds is 7. The summed E-state index contributed by atoms with van der Waals surface area (Å²) in [6, 6.07) is 14.0. The highest BCUT2D eigenvalue weighted by molar-refractivity contribution is 6.02. The van der Waals surface area contributed by atoms with E-state index in [0.717, 1.165) is 12.8 Å². The predicted octanol–water partition coefficient (Wildman–Crippen LogP) is 6.57. The van der Waals surface area contributed by atoms with Gasteiger partial charge in [0.15, 0.2) is 0 Å². The summed E-state index contributed by atoms with van der Waals surface area (Å²) in [6.07, 6.45) is 1.52. The van der Waals surface area contributed by atoms with E-state index < -0.39 is 41.7 Å². The third-order valence-electron chi connectivity index (χ3n) is 8.31. The van der Waals surface area contributed by atoms with Gasteiger partial charge in [0.1, 0.15) is 17.4 Å². The van der Waals surface area contributed by atoms with E-state index in [1.807, 2.05) is 13.8 Å². The van der Waals surface area contributed by atoms with Crippen LogP contribution in [0.4, 0.5) is 35.4 Å². The van der Waals surface area contributed by atoms with Crippen molar-refractivity contribution in [2.45, 2.75) is 58.3 Å². The molecular formula is C36H45F2N5O6. The van der Waals surface area contributed by atoms with E-state index in [1.165, 1.54) is 59.5 Å². The van der Waals surface area contributed by atoms with Gasteiger partial charge in [-0.15, -0.1) is 0 Å². The second-order valence-corrected chi connectivity index (χ2v) is 12.4. The predicted molar refractivity (Wildman–Crippen MR) is 184 cm³/mol. The molecule has 4 rings (SSSR count). The number of benzene rings is 3. The summed E-state index contributed by atoms with van der Waals surface area (Å²) in [7, 11) is 1.63. The number of aliphatic hydroxyl groups excluding tert-OH is 1. The smallest absolute Gasteiger partial charge is 0.323 e. The highest BCUT2D eigenvalue weighted by Gasteiger charge is 2.31. The van der Waals surface area contributed by atoms with Crippen LogP contribution in [0.3, 0.4) is 0 Å². The number of hydrogen-bond donors (Lipinski definition) is 4. The Balaban J connectivity index is 1.57. The van der Waals surface area contributed by atoms with Gasteiger partial charge in [0.2, 0.25) is 0 Å². The van der Waals surface area contributed by atoms with E-state index in [-0.39, 0.29) is 37.3 Å². The number of carbonyl (C=O) groups is 3. The van der Waals surface area contributed by atoms with Crippen molar-refractivity contribution < 1.29 is 37.7 Å². The Labute approximate surface area is 285 Å². The fourth-order valence-corrected chi connectivity index (χ4v) is 5.39. The van der Waals surface area contributed by atoms with Gasteiger partial charge in [-0.25, -0.2) is 18.4 Å². The van der Waals surface area contributed by atoms with Gasteiger partial charge in [0.05, 0.1) is 30.4 Å². The van der Waals surface area contributed by atoms with Gasteiger partial charge >= 0.3 is 12.1 Å². The van der Waals surface area contributed by atoms with Crippen molar-refractivity contribution >= 4 is 35.0 Å². The number of nitrogens with zero attached hydrogens (tertiary/aromatic N) is 2.